The van der Waals surface area contributed by atoms with Crippen LogP contribution in [0.4, 0.5) is 0 Å². The number of carbonyl (C=O) groups is 1. The van der Waals surface area contributed by atoms with E-state index in [0.29, 0.717) is 12.0 Å². The van der Waals surface area contributed by atoms with Crippen molar-refractivity contribution in [2.75, 3.05) is 39.5 Å². The smallest absolute Gasteiger partial charge is 0.263 e. The minimum atomic E-state index is 0.171. The van der Waals surface area contributed by atoms with Gasteiger partial charge in [-0.3, -0.25) is 4.79 Å². The summed E-state index contributed by atoms with van der Waals surface area (Å²) in [7, 11) is 4.23. The van der Waals surface area contributed by atoms with Gasteiger partial charge in [-0.2, -0.15) is 0 Å². The lowest BCUT2D eigenvalue weighted by atomic mass is 9.87. The molecule has 0 radical (unpaired) electrons. The summed E-state index contributed by atoms with van der Waals surface area (Å²) in [6.07, 6.45) is 2.80. The second-order valence-corrected chi connectivity index (χ2v) is 8.90. The average Bonchev–Trinajstić information content (AvgIpc) is 3.00. The first-order valence-electron chi connectivity index (χ1n) is 8.36. The Balaban J connectivity index is 2.02. The topological polar surface area (TPSA) is 43.8 Å². The minimum Gasteiger partial charge on any atom is -0.396 e. The van der Waals surface area contributed by atoms with E-state index in [1.807, 2.05) is 11.0 Å². The standard InChI is InChI=1S/C17H28N2O2S2/c1-4-22-16-8-7-15(23-16)17(21)19-10-9-14(18(2)3)13(12-19)6-5-11-20/h7-8,13-14,20H,4-6,9-12H2,1-3H3/t13-,14+/m0/s1. The van der Waals surface area contributed by atoms with Crippen molar-refractivity contribution in [1.82, 2.24) is 9.80 Å². The number of amides is 1. The molecule has 1 N–H and O–H groups in total. The van der Waals surface area contributed by atoms with Gasteiger partial charge in [-0.05, 0) is 57.2 Å². The molecule has 23 heavy (non-hydrogen) atoms. The number of rotatable bonds is 7. The Kier molecular flexibility index (Phi) is 7.40. The second kappa shape index (κ2) is 9.06. The molecule has 0 saturated carbocycles. The number of likely N-dealkylation sites (tertiary alicyclic amines) is 1. The molecule has 1 aliphatic heterocycles. The maximum atomic E-state index is 12.8. The Hall–Kier alpha value is -0.560. The molecule has 1 aliphatic rings. The number of hydrogen-bond donors (Lipinski definition) is 1. The highest BCUT2D eigenvalue weighted by Gasteiger charge is 2.32. The van der Waals surface area contributed by atoms with Crippen LogP contribution in [0.3, 0.4) is 0 Å². The highest BCUT2D eigenvalue weighted by Crippen LogP contribution is 2.30. The molecule has 0 aromatic carbocycles. The Morgan fingerprint density at radius 1 is 1.48 bits per heavy atom. The van der Waals surface area contributed by atoms with Gasteiger partial charge in [-0.1, -0.05) is 6.92 Å². The van der Waals surface area contributed by atoms with Crippen LogP contribution in [0.1, 0.15) is 35.9 Å². The van der Waals surface area contributed by atoms with Gasteiger partial charge < -0.3 is 14.9 Å². The molecule has 4 nitrogen and oxygen atoms in total. The zero-order valence-corrected chi connectivity index (χ0v) is 16.0. The largest absolute Gasteiger partial charge is 0.396 e. The van der Waals surface area contributed by atoms with E-state index >= 15 is 0 Å². The molecule has 1 amide bonds. The molecule has 1 fully saturated rings. The van der Waals surface area contributed by atoms with Gasteiger partial charge in [0, 0.05) is 25.7 Å². The van der Waals surface area contributed by atoms with Gasteiger partial charge in [0.1, 0.15) is 0 Å². The maximum absolute atomic E-state index is 12.8. The Bertz CT molecular complexity index is 505. The second-order valence-electron chi connectivity index (χ2n) is 6.25. The molecule has 2 rings (SSSR count). The Labute approximate surface area is 147 Å². The van der Waals surface area contributed by atoms with Crippen LogP contribution in [-0.4, -0.2) is 66.4 Å². The summed E-state index contributed by atoms with van der Waals surface area (Å²) in [6.45, 7) is 3.98. The third kappa shape index (κ3) is 4.95. The molecule has 0 bridgehead atoms. The molecule has 6 heteroatoms. The van der Waals surface area contributed by atoms with Crippen LogP contribution < -0.4 is 0 Å². The van der Waals surface area contributed by atoms with Crippen molar-refractivity contribution in [1.29, 1.82) is 0 Å². The number of carbonyl (C=O) groups excluding carboxylic acids is 1. The highest BCUT2D eigenvalue weighted by molar-refractivity contribution is 8.01. The summed E-state index contributed by atoms with van der Waals surface area (Å²) in [4.78, 5) is 17.9. The third-order valence-corrected chi connectivity index (χ3v) is 6.64. The number of hydrogen-bond acceptors (Lipinski definition) is 5. The van der Waals surface area contributed by atoms with Crippen LogP contribution in [0.15, 0.2) is 16.3 Å². The molecule has 0 aliphatic carbocycles. The summed E-state index contributed by atoms with van der Waals surface area (Å²) in [5.74, 6) is 1.65. The monoisotopic (exact) mass is 356 g/mol. The lowest BCUT2D eigenvalue weighted by Gasteiger charge is -2.41. The van der Waals surface area contributed by atoms with Gasteiger partial charge in [-0.15, -0.1) is 23.1 Å². The maximum Gasteiger partial charge on any atom is 0.263 e. The zero-order valence-electron chi connectivity index (χ0n) is 14.3. The van der Waals surface area contributed by atoms with Crippen molar-refractivity contribution < 1.29 is 9.90 Å². The van der Waals surface area contributed by atoms with Crippen molar-refractivity contribution >= 4 is 29.0 Å². The number of aliphatic hydroxyl groups is 1. The van der Waals surface area contributed by atoms with Gasteiger partial charge in [0.2, 0.25) is 0 Å². The quantitative estimate of drug-likeness (QED) is 0.763. The fourth-order valence-electron chi connectivity index (χ4n) is 3.33. The first kappa shape index (κ1) is 18.8. The summed E-state index contributed by atoms with van der Waals surface area (Å²) in [5.41, 5.74) is 0. The summed E-state index contributed by atoms with van der Waals surface area (Å²) < 4.78 is 1.22. The van der Waals surface area contributed by atoms with E-state index < -0.39 is 0 Å². The predicted molar refractivity (Wildman–Crippen MR) is 98.5 cm³/mol. The first-order valence-corrected chi connectivity index (χ1v) is 10.2. The zero-order chi connectivity index (χ0) is 16.8. The number of piperidine rings is 1. The van der Waals surface area contributed by atoms with Gasteiger partial charge >= 0.3 is 0 Å². The van der Waals surface area contributed by atoms with Crippen LogP contribution in [0.5, 0.6) is 0 Å². The van der Waals surface area contributed by atoms with E-state index in [1.165, 1.54) is 4.21 Å². The molecular formula is C17H28N2O2S2. The molecule has 1 aromatic rings. The lowest BCUT2D eigenvalue weighted by molar-refractivity contribution is 0.0500. The molecule has 2 atom stereocenters. The van der Waals surface area contributed by atoms with Crippen LogP contribution in [0.25, 0.3) is 0 Å². The molecule has 0 spiro atoms. The van der Waals surface area contributed by atoms with Gasteiger partial charge in [0.25, 0.3) is 5.91 Å². The van der Waals surface area contributed by atoms with E-state index in [2.05, 4.69) is 32.0 Å². The van der Waals surface area contributed by atoms with E-state index in [1.54, 1.807) is 23.1 Å². The molecular weight excluding hydrogens is 328 g/mol. The van der Waals surface area contributed by atoms with Gasteiger partial charge in [-0.25, -0.2) is 0 Å². The fourth-order valence-corrected chi connectivity index (χ4v) is 5.34. The summed E-state index contributed by atoms with van der Waals surface area (Å²) in [5, 5.41) is 9.13. The van der Waals surface area contributed by atoms with Crippen LogP contribution in [0, 0.1) is 5.92 Å². The van der Waals surface area contributed by atoms with E-state index in [4.69, 9.17) is 5.11 Å². The summed E-state index contributed by atoms with van der Waals surface area (Å²) >= 11 is 3.40. The SMILES string of the molecule is CCSc1ccc(C(=O)N2CC[C@@H](N(C)C)[C@@H](CCCO)C2)s1. The van der Waals surface area contributed by atoms with Crippen LogP contribution in [0.2, 0.25) is 0 Å². The number of aliphatic hydroxyl groups excluding tert-OH is 1. The number of nitrogens with zero attached hydrogens (tertiary/aromatic N) is 2. The lowest BCUT2D eigenvalue weighted by Crippen LogP contribution is -2.50. The molecule has 1 aromatic heterocycles. The number of thiophene rings is 1. The van der Waals surface area contributed by atoms with E-state index in [-0.39, 0.29) is 12.5 Å². The minimum absolute atomic E-state index is 0.171. The van der Waals surface area contributed by atoms with Crippen molar-refractivity contribution in [3.63, 3.8) is 0 Å². The van der Waals surface area contributed by atoms with Gasteiger partial charge in [0.05, 0.1) is 9.09 Å². The van der Waals surface area contributed by atoms with Gasteiger partial charge in [0.15, 0.2) is 0 Å². The average molecular weight is 357 g/mol. The van der Waals surface area contributed by atoms with Crippen LogP contribution in [-0.2, 0) is 0 Å². The molecule has 130 valence electrons. The predicted octanol–water partition coefficient (Wildman–Crippen LogP) is 3.02. The van der Waals surface area contributed by atoms with Crippen molar-refractivity contribution in [2.24, 2.45) is 5.92 Å². The highest BCUT2D eigenvalue weighted by atomic mass is 32.2. The van der Waals surface area contributed by atoms with E-state index in [0.717, 1.165) is 43.0 Å². The normalized spacial score (nSPS) is 21.9. The Morgan fingerprint density at radius 3 is 2.91 bits per heavy atom. The third-order valence-electron chi connectivity index (χ3n) is 4.46. The Morgan fingerprint density at radius 2 is 2.26 bits per heavy atom. The molecule has 0 unspecified atom stereocenters. The van der Waals surface area contributed by atoms with Crippen molar-refractivity contribution in [3.8, 4) is 0 Å². The van der Waals surface area contributed by atoms with Crippen molar-refractivity contribution in [3.05, 3.63) is 17.0 Å². The van der Waals surface area contributed by atoms with Crippen molar-refractivity contribution in [2.45, 2.75) is 36.4 Å². The molecule has 1 saturated heterocycles. The first-order chi connectivity index (χ1) is 11.1. The summed E-state index contributed by atoms with van der Waals surface area (Å²) in [6, 6.07) is 4.52. The fraction of sp³-hybridized carbons (Fsp3) is 0.706. The number of thioether (sulfide) groups is 1. The molecule has 2 heterocycles. The van der Waals surface area contributed by atoms with Crippen LogP contribution >= 0.6 is 23.1 Å². The van der Waals surface area contributed by atoms with E-state index in [9.17, 15) is 4.79 Å².